The number of nitrogens with one attached hydrogen (secondary N) is 1. The van der Waals surface area contributed by atoms with Crippen molar-refractivity contribution >= 4 is 22.5 Å². The molecule has 0 aliphatic carbocycles. The molecule has 0 radical (unpaired) electrons. The van der Waals surface area contributed by atoms with Gasteiger partial charge in [0.1, 0.15) is 0 Å². The second kappa shape index (κ2) is 4.52. The van der Waals surface area contributed by atoms with Gasteiger partial charge in [-0.25, -0.2) is 4.79 Å². The Morgan fingerprint density at radius 3 is 2.58 bits per heavy atom. The fraction of sp³-hybridized carbons (Fsp3) is 0.0667. The van der Waals surface area contributed by atoms with Crippen LogP contribution in [0.4, 0.5) is 0 Å². The molecule has 3 rings (SSSR count). The molecule has 3 aromatic rings. The molecule has 0 saturated heterocycles. The summed E-state index contributed by atoms with van der Waals surface area (Å²) in [5.74, 6) is 0. The highest BCUT2D eigenvalue weighted by Gasteiger charge is 2.07. The largest absolute Gasteiger partial charge is 0.345 e. The molecule has 0 saturated carbocycles. The van der Waals surface area contributed by atoms with Crippen molar-refractivity contribution in [2.45, 2.75) is 6.92 Å². The van der Waals surface area contributed by atoms with Crippen LogP contribution in [0.1, 0.15) is 5.56 Å². The highest BCUT2D eigenvalue weighted by molar-refractivity contribution is 6.30. The van der Waals surface area contributed by atoms with E-state index >= 15 is 0 Å². The van der Waals surface area contributed by atoms with E-state index in [4.69, 9.17) is 11.6 Å². The molecule has 0 fully saturated rings. The first kappa shape index (κ1) is 11.9. The van der Waals surface area contributed by atoms with Gasteiger partial charge in [0, 0.05) is 16.0 Å². The predicted octanol–water partition coefficient (Wildman–Crippen LogP) is 3.55. The fourth-order valence-electron chi connectivity index (χ4n) is 2.10. The summed E-state index contributed by atoms with van der Waals surface area (Å²) in [5, 5.41) is 1.59. The zero-order valence-corrected chi connectivity index (χ0v) is 11.0. The van der Waals surface area contributed by atoms with Crippen molar-refractivity contribution in [3.05, 3.63) is 63.5 Å². The molecule has 2 aromatic carbocycles. The summed E-state index contributed by atoms with van der Waals surface area (Å²) in [6.45, 7) is 2.01. The quantitative estimate of drug-likeness (QED) is 0.735. The van der Waals surface area contributed by atoms with Crippen molar-refractivity contribution in [2.24, 2.45) is 0 Å². The molecular weight excluding hydrogens is 260 g/mol. The van der Waals surface area contributed by atoms with Gasteiger partial charge < -0.3 is 4.98 Å². The number of rotatable bonds is 1. The summed E-state index contributed by atoms with van der Waals surface area (Å²) in [4.78, 5) is 18.5. The third-order valence-electron chi connectivity index (χ3n) is 3.00. The Hall–Kier alpha value is -2.13. The van der Waals surface area contributed by atoms with Gasteiger partial charge in [0.15, 0.2) is 0 Å². The van der Waals surface area contributed by atoms with Crippen LogP contribution in [-0.4, -0.2) is 9.97 Å². The lowest BCUT2D eigenvalue weighted by Crippen LogP contribution is -2.11. The SMILES string of the molecule is Cc1ccc2[nH]c(=O)nc(-c3ccc(Cl)cc3)c2c1. The Morgan fingerprint density at radius 1 is 1.11 bits per heavy atom. The van der Waals surface area contributed by atoms with Gasteiger partial charge in [-0.15, -0.1) is 0 Å². The standard InChI is InChI=1S/C15H11ClN2O/c1-9-2-7-13-12(8-9)14(18-15(19)17-13)10-3-5-11(16)6-4-10/h2-8H,1H3,(H,17,18,19). The Morgan fingerprint density at radius 2 is 1.84 bits per heavy atom. The van der Waals surface area contributed by atoms with Gasteiger partial charge in [-0.1, -0.05) is 35.4 Å². The lowest BCUT2D eigenvalue weighted by molar-refractivity contribution is 1.12. The lowest BCUT2D eigenvalue weighted by atomic mass is 10.0. The smallest absolute Gasteiger partial charge is 0.305 e. The first-order valence-electron chi connectivity index (χ1n) is 5.90. The normalized spacial score (nSPS) is 10.8. The van der Waals surface area contributed by atoms with Crippen LogP contribution in [0.25, 0.3) is 22.2 Å². The second-order valence-electron chi connectivity index (χ2n) is 4.45. The van der Waals surface area contributed by atoms with Gasteiger partial charge in [0.2, 0.25) is 0 Å². The van der Waals surface area contributed by atoms with Gasteiger partial charge in [-0.05, 0) is 31.2 Å². The summed E-state index contributed by atoms with van der Waals surface area (Å²) in [5.41, 5.74) is 3.12. The molecular formula is C15H11ClN2O. The maximum Gasteiger partial charge on any atom is 0.345 e. The van der Waals surface area contributed by atoms with Crippen LogP contribution in [0, 0.1) is 6.92 Å². The van der Waals surface area contributed by atoms with Gasteiger partial charge >= 0.3 is 5.69 Å². The number of aryl methyl sites for hydroxylation is 1. The number of aromatic amines is 1. The number of nitrogens with zero attached hydrogens (tertiary/aromatic N) is 1. The fourth-order valence-corrected chi connectivity index (χ4v) is 2.22. The zero-order valence-electron chi connectivity index (χ0n) is 10.3. The lowest BCUT2D eigenvalue weighted by Gasteiger charge is -2.06. The molecule has 1 aromatic heterocycles. The third kappa shape index (κ3) is 2.25. The van der Waals surface area contributed by atoms with Crippen molar-refractivity contribution < 1.29 is 0 Å². The van der Waals surface area contributed by atoms with Crippen molar-refractivity contribution in [1.29, 1.82) is 0 Å². The molecule has 0 aliphatic heterocycles. The topological polar surface area (TPSA) is 45.8 Å². The number of H-pyrrole nitrogens is 1. The summed E-state index contributed by atoms with van der Waals surface area (Å²) < 4.78 is 0. The van der Waals surface area contributed by atoms with Crippen LogP contribution < -0.4 is 5.69 Å². The maximum absolute atomic E-state index is 11.6. The number of benzene rings is 2. The molecule has 1 heterocycles. The molecule has 4 heteroatoms. The molecule has 0 spiro atoms. The molecule has 3 nitrogen and oxygen atoms in total. The number of fused-ring (bicyclic) bond motifs is 1. The predicted molar refractivity (Wildman–Crippen MR) is 77.5 cm³/mol. The summed E-state index contributed by atoms with van der Waals surface area (Å²) >= 11 is 5.89. The van der Waals surface area contributed by atoms with Gasteiger partial charge in [0.05, 0.1) is 11.2 Å². The van der Waals surface area contributed by atoms with E-state index in [0.29, 0.717) is 10.7 Å². The van der Waals surface area contributed by atoms with Crippen molar-refractivity contribution in [1.82, 2.24) is 9.97 Å². The number of hydrogen-bond acceptors (Lipinski definition) is 2. The van der Waals surface area contributed by atoms with Gasteiger partial charge in [-0.3, -0.25) is 0 Å². The maximum atomic E-state index is 11.6. The van der Waals surface area contributed by atoms with Crippen LogP contribution in [0.3, 0.4) is 0 Å². The van der Waals surface area contributed by atoms with E-state index in [9.17, 15) is 4.79 Å². The molecule has 19 heavy (non-hydrogen) atoms. The van der Waals surface area contributed by atoms with Crippen molar-refractivity contribution in [3.63, 3.8) is 0 Å². The van der Waals surface area contributed by atoms with Crippen LogP contribution in [0.5, 0.6) is 0 Å². The van der Waals surface area contributed by atoms with Crippen molar-refractivity contribution in [2.75, 3.05) is 0 Å². The van der Waals surface area contributed by atoms with Crippen LogP contribution in [-0.2, 0) is 0 Å². The Labute approximate surface area is 114 Å². The van der Waals surface area contributed by atoms with E-state index in [-0.39, 0.29) is 5.69 Å². The first-order valence-corrected chi connectivity index (χ1v) is 6.28. The Balaban J connectivity index is 2.35. The molecule has 0 aliphatic rings. The monoisotopic (exact) mass is 270 g/mol. The summed E-state index contributed by atoms with van der Waals surface area (Å²) in [6, 6.07) is 13.2. The Bertz CT molecular complexity index is 806. The summed E-state index contributed by atoms with van der Waals surface area (Å²) in [6.07, 6.45) is 0. The summed E-state index contributed by atoms with van der Waals surface area (Å²) in [7, 11) is 0. The molecule has 0 amide bonds. The van der Waals surface area contributed by atoms with E-state index in [1.165, 1.54) is 0 Å². The minimum atomic E-state index is -0.346. The van der Waals surface area contributed by atoms with E-state index in [1.807, 2.05) is 37.3 Å². The van der Waals surface area contributed by atoms with Gasteiger partial charge in [0.25, 0.3) is 0 Å². The van der Waals surface area contributed by atoms with E-state index in [1.54, 1.807) is 12.1 Å². The minimum Gasteiger partial charge on any atom is -0.305 e. The average Bonchev–Trinajstić information content (AvgIpc) is 2.39. The number of aromatic nitrogens is 2. The van der Waals surface area contributed by atoms with E-state index in [0.717, 1.165) is 22.0 Å². The average molecular weight is 271 g/mol. The van der Waals surface area contributed by atoms with E-state index < -0.39 is 0 Å². The molecule has 0 bridgehead atoms. The van der Waals surface area contributed by atoms with Crippen LogP contribution in [0.2, 0.25) is 5.02 Å². The third-order valence-corrected chi connectivity index (χ3v) is 3.25. The van der Waals surface area contributed by atoms with Gasteiger partial charge in [-0.2, -0.15) is 4.98 Å². The van der Waals surface area contributed by atoms with Crippen LogP contribution >= 0.6 is 11.6 Å². The second-order valence-corrected chi connectivity index (χ2v) is 4.88. The molecule has 0 atom stereocenters. The zero-order chi connectivity index (χ0) is 13.4. The highest BCUT2D eigenvalue weighted by Crippen LogP contribution is 2.26. The van der Waals surface area contributed by atoms with E-state index in [2.05, 4.69) is 9.97 Å². The number of hydrogen-bond donors (Lipinski definition) is 1. The Kier molecular flexibility index (Phi) is 2.84. The first-order chi connectivity index (χ1) is 9.13. The minimum absolute atomic E-state index is 0.346. The molecule has 1 N–H and O–H groups in total. The van der Waals surface area contributed by atoms with Crippen LogP contribution in [0.15, 0.2) is 47.3 Å². The molecule has 0 unspecified atom stereocenters. The molecule has 94 valence electrons. The highest BCUT2D eigenvalue weighted by atomic mass is 35.5. The van der Waals surface area contributed by atoms with Crippen molar-refractivity contribution in [3.8, 4) is 11.3 Å². The number of halogens is 1.